The van der Waals surface area contributed by atoms with Gasteiger partial charge in [-0.2, -0.15) is 0 Å². The van der Waals surface area contributed by atoms with Gasteiger partial charge in [-0.1, -0.05) is 0 Å². The van der Waals surface area contributed by atoms with Crippen molar-refractivity contribution in [3.63, 3.8) is 0 Å². The summed E-state index contributed by atoms with van der Waals surface area (Å²) in [7, 11) is 1.62. The average Bonchev–Trinajstić information content (AvgIpc) is 2.21. The molecule has 0 spiro atoms. The van der Waals surface area contributed by atoms with Crippen LogP contribution in [0.3, 0.4) is 0 Å². The second-order valence-corrected chi connectivity index (χ2v) is 3.67. The van der Waals surface area contributed by atoms with Crippen LogP contribution in [0.15, 0.2) is 22.7 Å². The van der Waals surface area contributed by atoms with E-state index in [4.69, 9.17) is 4.74 Å². The zero-order chi connectivity index (χ0) is 10.4. The molecule has 0 saturated carbocycles. The Hall–Kier alpha value is -0.770. The minimum absolute atomic E-state index is 0.291. The number of nitrogens with one attached hydrogen (secondary N) is 1. The van der Waals surface area contributed by atoms with Crippen molar-refractivity contribution in [3.05, 3.63) is 22.7 Å². The van der Waals surface area contributed by atoms with Crippen LogP contribution >= 0.6 is 15.9 Å². The van der Waals surface area contributed by atoms with E-state index in [1.54, 1.807) is 7.11 Å². The van der Waals surface area contributed by atoms with E-state index in [1.165, 1.54) is 0 Å². The Balaban J connectivity index is 2.60. The molecule has 14 heavy (non-hydrogen) atoms. The van der Waals surface area contributed by atoms with Gasteiger partial charge in [-0.05, 0) is 34.5 Å². The molecule has 0 aliphatic heterocycles. The van der Waals surface area contributed by atoms with E-state index in [-0.39, 0.29) is 6.67 Å². The van der Waals surface area contributed by atoms with Gasteiger partial charge in [0.15, 0.2) is 0 Å². The lowest BCUT2D eigenvalue weighted by atomic mass is 10.3. The first-order valence-corrected chi connectivity index (χ1v) is 5.20. The van der Waals surface area contributed by atoms with Crippen LogP contribution in [-0.2, 0) is 0 Å². The van der Waals surface area contributed by atoms with Gasteiger partial charge < -0.3 is 10.1 Å². The smallest absolute Gasteiger partial charge is 0.135 e. The molecule has 0 radical (unpaired) electrons. The molecule has 4 heteroatoms. The molecule has 1 rings (SSSR count). The largest absolute Gasteiger partial charge is 0.495 e. The van der Waals surface area contributed by atoms with Crippen molar-refractivity contribution in [2.75, 3.05) is 25.6 Å². The summed E-state index contributed by atoms with van der Waals surface area (Å²) in [5, 5.41) is 3.11. The van der Waals surface area contributed by atoms with Gasteiger partial charge in [0.25, 0.3) is 0 Å². The highest BCUT2D eigenvalue weighted by molar-refractivity contribution is 9.10. The molecule has 1 aromatic rings. The van der Waals surface area contributed by atoms with Crippen LogP contribution in [0, 0.1) is 0 Å². The van der Waals surface area contributed by atoms with E-state index in [9.17, 15) is 4.39 Å². The number of alkyl halides is 1. The van der Waals surface area contributed by atoms with Gasteiger partial charge in [0.2, 0.25) is 0 Å². The van der Waals surface area contributed by atoms with Crippen LogP contribution in [0.25, 0.3) is 0 Å². The van der Waals surface area contributed by atoms with Gasteiger partial charge in [-0.15, -0.1) is 0 Å². The van der Waals surface area contributed by atoms with Crippen molar-refractivity contribution >= 4 is 21.6 Å². The third-order valence-electron chi connectivity index (χ3n) is 1.79. The van der Waals surface area contributed by atoms with E-state index < -0.39 is 0 Å². The predicted octanol–water partition coefficient (Wildman–Crippen LogP) is 3.23. The van der Waals surface area contributed by atoms with Gasteiger partial charge in [0.1, 0.15) is 5.75 Å². The Morgan fingerprint density at radius 2 is 2.29 bits per heavy atom. The second kappa shape index (κ2) is 5.86. The van der Waals surface area contributed by atoms with E-state index in [1.807, 2.05) is 18.2 Å². The molecule has 0 fully saturated rings. The number of halogens is 2. The number of hydrogen-bond acceptors (Lipinski definition) is 2. The zero-order valence-corrected chi connectivity index (χ0v) is 9.60. The molecule has 0 unspecified atom stereocenters. The van der Waals surface area contributed by atoms with Crippen LogP contribution in [0.2, 0.25) is 0 Å². The molecule has 0 atom stereocenters. The Labute approximate surface area is 91.6 Å². The topological polar surface area (TPSA) is 21.3 Å². The predicted molar refractivity (Wildman–Crippen MR) is 59.8 cm³/mol. The van der Waals surface area contributed by atoms with E-state index in [0.717, 1.165) is 15.9 Å². The fourth-order valence-corrected chi connectivity index (χ4v) is 1.48. The highest BCUT2D eigenvalue weighted by Gasteiger charge is 2.00. The number of anilines is 1. The van der Waals surface area contributed by atoms with Crippen LogP contribution < -0.4 is 10.1 Å². The molecular formula is C10H13BrFNO. The highest BCUT2D eigenvalue weighted by atomic mass is 79.9. The maximum Gasteiger partial charge on any atom is 0.135 e. The fourth-order valence-electron chi connectivity index (χ4n) is 1.07. The second-order valence-electron chi connectivity index (χ2n) is 2.82. The number of rotatable bonds is 5. The molecule has 0 aliphatic carbocycles. The third-order valence-corrected chi connectivity index (χ3v) is 2.45. The standard InChI is InChI=1S/C10H13BrFNO/c1-14-10-7-8(3-4-9(10)11)13-6-2-5-12/h3-4,7,13H,2,5-6H2,1H3. The molecule has 0 bridgehead atoms. The SMILES string of the molecule is COc1cc(NCCCF)ccc1Br. The first-order valence-electron chi connectivity index (χ1n) is 4.41. The Kier molecular flexibility index (Phi) is 4.73. The first kappa shape index (κ1) is 11.3. The summed E-state index contributed by atoms with van der Waals surface area (Å²) in [4.78, 5) is 0. The van der Waals surface area contributed by atoms with Crippen LogP contribution in [-0.4, -0.2) is 20.3 Å². The molecule has 1 N–H and O–H groups in total. The van der Waals surface area contributed by atoms with Crippen LogP contribution in [0.5, 0.6) is 5.75 Å². The summed E-state index contributed by atoms with van der Waals surface area (Å²) in [6, 6.07) is 5.70. The van der Waals surface area contributed by atoms with Gasteiger partial charge in [0, 0.05) is 18.3 Å². The third kappa shape index (κ3) is 3.18. The Bertz CT molecular complexity index is 293. The lowest BCUT2D eigenvalue weighted by molar-refractivity contribution is 0.412. The average molecular weight is 262 g/mol. The van der Waals surface area contributed by atoms with E-state index in [2.05, 4.69) is 21.2 Å². The van der Waals surface area contributed by atoms with Crippen LogP contribution in [0.1, 0.15) is 6.42 Å². The first-order chi connectivity index (χ1) is 6.77. The minimum Gasteiger partial charge on any atom is -0.495 e. The molecule has 0 heterocycles. The van der Waals surface area contributed by atoms with E-state index in [0.29, 0.717) is 13.0 Å². The summed E-state index contributed by atoms with van der Waals surface area (Å²) in [5.41, 5.74) is 0.943. The van der Waals surface area contributed by atoms with Crippen molar-refractivity contribution in [1.82, 2.24) is 0 Å². The minimum atomic E-state index is -0.291. The van der Waals surface area contributed by atoms with Gasteiger partial charge in [-0.25, -0.2) is 0 Å². The number of hydrogen-bond donors (Lipinski definition) is 1. The molecule has 0 aromatic heterocycles. The summed E-state index contributed by atoms with van der Waals surface area (Å²) in [6.07, 6.45) is 0.526. The molecule has 0 aliphatic rings. The number of benzene rings is 1. The lowest BCUT2D eigenvalue weighted by Gasteiger charge is -2.08. The summed E-state index contributed by atoms with van der Waals surface area (Å²) in [6.45, 7) is 0.349. The maximum absolute atomic E-state index is 11.8. The normalized spacial score (nSPS) is 9.93. The van der Waals surface area contributed by atoms with Gasteiger partial charge in [-0.3, -0.25) is 4.39 Å². The Morgan fingerprint density at radius 3 is 2.93 bits per heavy atom. The molecule has 78 valence electrons. The summed E-state index contributed by atoms with van der Waals surface area (Å²) < 4.78 is 17.9. The summed E-state index contributed by atoms with van der Waals surface area (Å²) in [5.74, 6) is 0.773. The monoisotopic (exact) mass is 261 g/mol. The lowest BCUT2D eigenvalue weighted by Crippen LogP contribution is -2.02. The zero-order valence-electron chi connectivity index (χ0n) is 8.02. The van der Waals surface area contributed by atoms with Crippen LogP contribution in [0.4, 0.5) is 10.1 Å². The molecular weight excluding hydrogens is 249 g/mol. The van der Waals surface area contributed by atoms with Gasteiger partial charge in [0.05, 0.1) is 18.3 Å². The van der Waals surface area contributed by atoms with Crippen molar-refractivity contribution in [2.45, 2.75) is 6.42 Å². The number of methoxy groups -OCH3 is 1. The quantitative estimate of drug-likeness (QED) is 0.822. The van der Waals surface area contributed by atoms with Crippen molar-refractivity contribution in [2.24, 2.45) is 0 Å². The van der Waals surface area contributed by atoms with Crippen molar-refractivity contribution in [3.8, 4) is 5.75 Å². The van der Waals surface area contributed by atoms with Gasteiger partial charge >= 0.3 is 0 Å². The number of ether oxygens (including phenoxy) is 1. The maximum atomic E-state index is 11.8. The van der Waals surface area contributed by atoms with Crippen molar-refractivity contribution in [1.29, 1.82) is 0 Å². The molecule has 2 nitrogen and oxygen atoms in total. The molecule has 0 saturated heterocycles. The summed E-state index contributed by atoms with van der Waals surface area (Å²) >= 11 is 3.36. The Morgan fingerprint density at radius 1 is 1.50 bits per heavy atom. The fraction of sp³-hybridized carbons (Fsp3) is 0.400. The molecule has 0 amide bonds. The van der Waals surface area contributed by atoms with E-state index >= 15 is 0 Å². The molecule has 1 aromatic carbocycles. The highest BCUT2D eigenvalue weighted by Crippen LogP contribution is 2.27. The van der Waals surface area contributed by atoms with Crippen molar-refractivity contribution < 1.29 is 9.13 Å².